The number of para-hydroxylation sites is 1. The number of Topliss-reactive ketones (excluding diaryl/α,β-unsaturated/α-hetero) is 1. The first-order chi connectivity index (χ1) is 12.4. The van der Waals surface area contributed by atoms with E-state index in [1.165, 1.54) is 16.2 Å². The van der Waals surface area contributed by atoms with Crippen LogP contribution in [0.5, 0.6) is 0 Å². The van der Waals surface area contributed by atoms with Gasteiger partial charge in [-0.05, 0) is 31.9 Å². The number of carbonyl (C=O) groups excluding carboxylic acids is 2. The Morgan fingerprint density at radius 1 is 1.35 bits per heavy atom. The van der Waals surface area contributed by atoms with Gasteiger partial charge in [-0.3, -0.25) is 9.59 Å². The van der Waals surface area contributed by atoms with Crippen LogP contribution < -0.4 is 4.80 Å². The minimum atomic E-state index is -0.184. The van der Waals surface area contributed by atoms with Crippen molar-refractivity contribution in [1.29, 1.82) is 0 Å². The summed E-state index contributed by atoms with van der Waals surface area (Å²) < 4.78 is 2.13. The molecule has 3 rings (SSSR count). The van der Waals surface area contributed by atoms with Crippen molar-refractivity contribution in [2.75, 3.05) is 20.2 Å². The molecule has 1 aliphatic rings. The van der Waals surface area contributed by atoms with Gasteiger partial charge in [0.2, 0.25) is 0 Å². The molecule has 2 aromatic rings. The van der Waals surface area contributed by atoms with Crippen LogP contribution in [-0.4, -0.2) is 46.5 Å². The predicted octanol–water partition coefficient (Wildman–Crippen LogP) is 2.69. The number of aliphatic hydroxyl groups excluding tert-OH is 1. The number of nitrogens with zero attached hydrogens (tertiary/aromatic N) is 3. The Kier molecular flexibility index (Phi) is 5.38. The molecule has 0 unspecified atom stereocenters. The lowest BCUT2D eigenvalue weighted by atomic mass is 10.1. The molecule has 138 valence electrons. The Hall–Kier alpha value is -2.25. The van der Waals surface area contributed by atoms with Crippen LogP contribution >= 0.6 is 11.3 Å². The van der Waals surface area contributed by atoms with Crippen molar-refractivity contribution in [2.45, 2.75) is 32.7 Å². The van der Waals surface area contributed by atoms with Crippen molar-refractivity contribution in [2.24, 2.45) is 4.99 Å². The van der Waals surface area contributed by atoms with E-state index in [9.17, 15) is 9.59 Å². The third kappa shape index (κ3) is 3.64. The highest BCUT2D eigenvalue weighted by atomic mass is 32.1. The number of aromatic nitrogens is 1. The second kappa shape index (κ2) is 7.55. The van der Waals surface area contributed by atoms with Crippen molar-refractivity contribution in [3.63, 3.8) is 0 Å². The van der Waals surface area contributed by atoms with Crippen molar-refractivity contribution >= 4 is 28.7 Å². The van der Waals surface area contributed by atoms with Crippen LogP contribution in [0.4, 0.5) is 5.69 Å². The third-order valence-electron chi connectivity index (χ3n) is 4.45. The highest BCUT2D eigenvalue weighted by Crippen LogP contribution is 2.36. The van der Waals surface area contributed by atoms with Gasteiger partial charge in [0.25, 0.3) is 5.91 Å². The van der Waals surface area contributed by atoms with Gasteiger partial charge in [0.15, 0.2) is 10.6 Å². The molecule has 7 heteroatoms. The first kappa shape index (κ1) is 18.5. The summed E-state index contributed by atoms with van der Waals surface area (Å²) in [6, 6.07) is 7.57. The number of hydrogen-bond donors (Lipinski definition) is 1. The predicted molar refractivity (Wildman–Crippen MR) is 101 cm³/mol. The number of carbonyl (C=O) groups is 2. The maximum Gasteiger partial charge on any atom is 0.255 e. The number of benzene rings is 1. The van der Waals surface area contributed by atoms with Crippen LogP contribution in [0.2, 0.25) is 0 Å². The molecule has 1 fully saturated rings. The molecule has 1 amide bonds. The molecule has 1 aliphatic carbocycles. The van der Waals surface area contributed by atoms with E-state index in [4.69, 9.17) is 10.1 Å². The van der Waals surface area contributed by atoms with Crippen LogP contribution in [0.1, 0.15) is 51.5 Å². The zero-order valence-corrected chi connectivity index (χ0v) is 16.0. The molecule has 1 N–H and O–H groups in total. The number of ketones is 1. The Balaban J connectivity index is 2.11. The van der Waals surface area contributed by atoms with Gasteiger partial charge < -0.3 is 14.6 Å². The monoisotopic (exact) mass is 373 g/mol. The Labute approximate surface area is 156 Å². The highest BCUT2D eigenvalue weighted by molar-refractivity contribution is 7.11. The van der Waals surface area contributed by atoms with Gasteiger partial charge in [-0.1, -0.05) is 23.5 Å². The standard InChI is InChI=1S/C19H23N3O3S/c1-12-17(13(2)24)26-19(22(12)14-8-9-14)20-16-7-5-4-6-15(16)18(25)21(3)10-11-23/h4-7,14,23H,8-11H2,1-3H3. The zero-order valence-electron chi connectivity index (χ0n) is 15.2. The molecule has 1 aromatic heterocycles. The molecule has 1 aromatic carbocycles. The lowest BCUT2D eigenvalue weighted by molar-refractivity contribution is 0.0767. The number of aliphatic hydroxyl groups is 1. The Morgan fingerprint density at radius 3 is 2.65 bits per heavy atom. The first-order valence-corrected chi connectivity index (χ1v) is 9.48. The molecule has 0 radical (unpaired) electrons. The summed E-state index contributed by atoms with van der Waals surface area (Å²) in [6.45, 7) is 3.70. The molecule has 0 spiro atoms. The second-order valence-electron chi connectivity index (χ2n) is 6.54. The fraction of sp³-hybridized carbons (Fsp3) is 0.421. The largest absolute Gasteiger partial charge is 0.395 e. The van der Waals surface area contributed by atoms with Gasteiger partial charge in [-0.25, -0.2) is 4.99 Å². The zero-order chi connectivity index (χ0) is 18.8. The first-order valence-electron chi connectivity index (χ1n) is 8.67. The minimum Gasteiger partial charge on any atom is -0.395 e. The summed E-state index contributed by atoms with van der Waals surface area (Å²) in [5.41, 5.74) is 2.01. The minimum absolute atomic E-state index is 0.0374. The summed E-state index contributed by atoms with van der Waals surface area (Å²) in [4.78, 5) is 32.3. The van der Waals surface area contributed by atoms with E-state index in [-0.39, 0.29) is 24.8 Å². The maximum atomic E-state index is 12.7. The van der Waals surface area contributed by atoms with E-state index in [0.29, 0.717) is 17.3 Å². The van der Waals surface area contributed by atoms with Crippen molar-refractivity contribution < 1.29 is 14.7 Å². The fourth-order valence-electron chi connectivity index (χ4n) is 2.95. The number of thiazole rings is 1. The SMILES string of the molecule is CC(=O)c1sc(=Nc2ccccc2C(=O)N(C)CCO)n(C2CC2)c1C. The van der Waals surface area contributed by atoms with E-state index in [2.05, 4.69) is 4.57 Å². The Bertz CT molecular complexity index is 909. The lowest BCUT2D eigenvalue weighted by Gasteiger charge is -2.16. The molecule has 6 nitrogen and oxygen atoms in total. The van der Waals surface area contributed by atoms with Gasteiger partial charge in [0.1, 0.15) is 0 Å². The smallest absolute Gasteiger partial charge is 0.255 e. The lowest BCUT2D eigenvalue weighted by Crippen LogP contribution is -2.29. The van der Waals surface area contributed by atoms with E-state index in [0.717, 1.165) is 28.2 Å². The topological polar surface area (TPSA) is 74.9 Å². The van der Waals surface area contributed by atoms with Crippen LogP contribution in [0.3, 0.4) is 0 Å². The quantitative estimate of drug-likeness (QED) is 0.791. The maximum absolute atomic E-state index is 12.7. The van der Waals surface area contributed by atoms with Crippen LogP contribution in [0, 0.1) is 6.92 Å². The van der Waals surface area contributed by atoms with Crippen LogP contribution in [0.25, 0.3) is 0 Å². The average Bonchev–Trinajstić information content (AvgIpc) is 3.39. The number of amides is 1. The van der Waals surface area contributed by atoms with Crippen molar-refractivity contribution in [3.05, 3.63) is 45.2 Å². The average molecular weight is 373 g/mol. The summed E-state index contributed by atoms with van der Waals surface area (Å²) in [5, 5.41) is 9.08. The second-order valence-corrected chi connectivity index (χ2v) is 7.51. The Morgan fingerprint density at radius 2 is 2.04 bits per heavy atom. The molecule has 0 bridgehead atoms. The van der Waals surface area contributed by atoms with E-state index in [1.54, 1.807) is 32.2 Å². The van der Waals surface area contributed by atoms with Gasteiger partial charge >= 0.3 is 0 Å². The molecule has 26 heavy (non-hydrogen) atoms. The molecule has 0 aliphatic heterocycles. The van der Waals surface area contributed by atoms with E-state index in [1.807, 2.05) is 13.0 Å². The molecular weight excluding hydrogens is 350 g/mol. The summed E-state index contributed by atoms with van der Waals surface area (Å²) in [7, 11) is 1.66. The molecule has 1 saturated carbocycles. The van der Waals surface area contributed by atoms with E-state index >= 15 is 0 Å². The van der Waals surface area contributed by atoms with Crippen LogP contribution in [-0.2, 0) is 0 Å². The van der Waals surface area contributed by atoms with Crippen molar-refractivity contribution in [3.8, 4) is 0 Å². The molecule has 0 saturated heterocycles. The fourth-order valence-corrected chi connectivity index (χ4v) is 4.05. The van der Waals surface area contributed by atoms with Gasteiger partial charge in [-0.15, -0.1) is 0 Å². The van der Waals surface area contributed by atoms with Gasteiger partial charge in [0, 0.05) is 32.3 Å². The summed E-state index contributed by atoms with van der Waals surface area (Å²) in [6.07, 6.45) is 2.17. The summed E-state index contributed by atoms with van der Waals surface area (Å²) >= 11 is 1.38. The number of likely N-dealkylation sites (N-methyl/N-ethyl adjacent to an activating group) is 1. The number of hydrogen-bond acceptors (Lipinski definition) is 5. The highest BCUT2D eigenvalue weighted by Gasteiger charge is 2.28. The molecule has 1 heterocycles. The molecule has 0 atom stereocenters. The third-order valence-corrected chi connectivity index (χ3v) is 5.71. The van der Waals surface area contributed by atoms with Gasteiger partial charge in [-0.2, -0.15) is 0 Å². The van der Waals surface area contributed by atoms with Gasteiger partial charge in [0.05, 0.1) is 22.7 Å². The van der Waals surface area contributed by atoms with Crippen molar-refractivity contribution in [1.82, 2.24) is 9.47 Å². The summed E-state index contributed by atoms with van der Waals surface area (Å²) in [5.74, 6) is -0.146. The number of rotatable bonds is 6. The van der Waals surface area contributed by atoms with Crippen LogP contribution in [0.15, 0.2) is 29.3 Å². The molecular formula is C19H23N3O3S. The van der Waals surface area contributed by atoms with E-state index < -0.39 is 0 Å². The normalized spacial score (nSPS) is 14.5.